The Morgan fingerprint density at radius 2 is 2.00 bits per heavy atom. The number of hydrogen-bond acceptors (Lipinski definition) is 3. The van der Waals surface area contributed by atoms with Crippen molar-refractivity contribution in [2.45, 2.75) is 6.54 Å². The van der Waals surface area contributed by atoms with Gasteiger partial charge in [0.15, 0.2) is 0 Å². The average Bonchev–Trinajstić information content (AvgIpc) is 3.11. The Morgan fingerprint density at radius 3 is 2.68 bits per heavy atom. The number of carbonyl (C=O) groups is 2. The molecule has 0 radical (unpaired) electrons. The molecule has 1 aliphatic rings. The fraction of sp³-hybridized carbons (Fsp3) is 0.133. The van der Waals surface area contributed by atoms with Crippen LogP contribution >= 0.6 is 15.9 Å². The van der Waals surface area contributed by atoms with E-state index in [1.165, 1.54) is 6.08 Å². The number of rotatable bonds is 3. The number of aromatic nitrogens is 2. The van der Waals surface area contributed by atoms with Crippen molar-refractivity contribution in [2.24, 2.45) is 0 Å². The van der Waals surface area contributed by atoms with Crippen LogP contribution in [-0.2, 0) is 11.3 Å². The van der Waals surface area contributed by atoms with Gasteiger partial charge < -0.3 is 5.32 Å². The molecule has 1 N–H and O–H groups in total. The molecule has 0 unspecified atom stereocenters. The van der Waals surface area contributed by atoms with Crippen molar-refractivity contribution >= 4 is 39.2 Å². The molecule has 2 amide bonds. The molecule has 1 aromatic carbocycles. The van der Waals surface area contributed by atoms with Crippen LogP contribution in [-0.4, -0.2) is 28.1 Å². The number of halogens is 1. The van der Waals surface area contributed by atoms with Crippen LogP contribution in [0.4, 0.5) is 11.5 Å². The maximum atomic E-state index is 12.6. The Hall–Kier alpha value is -2.41. The van der Waals surface area contributed by atoms with Gasteiger partial charge in [0, 0.05) is 17.8 Å². The number of nitrogens with zero attached hydrogens (tertiary/aromatic N) is 3. The van der Waals surface area contributed by atoms with E-state index in [2.05, 4.69) is 32.9 Å². The largest absolute Gasteiger partial charge is 0.323 e. The van der Waals surface area contributed by atoms with E-state index in [1.807, 2.05) is 0 Å². The Balaban J connectivity index is 1.80. The molecule has 0 saturated heterocycles. The van der Waals surface area contributed by atoms with Gasteiger partial charge in [-0.1, -0.05) is 6.58 Å². The zero-order valence-electron chi connectivity index (χ0n) is 11.6. The first-order valence-corrected chi connectivity index (χ1v) is 7.46. The van der Waals surface area contributed by atoms with Gasteiger partial charge in [-0.05, 0) is 46.3 Å². The SMILES string of the molecule is C=CC(=O)Nc1ccc(C(=O)N2CCn3ncc(Br)c32)cc1. The molecule has 3 rings (SSSR count). The number of anilines is 2. The molecule has 1 aliphatic heterocycles. The first-order valence-electron chi connectivity index (χ1n) is 6.67. The number of hydrogen-bond donors (Lipinski definition) is 1. The Morgan fingerprint density at radius 1 is 1.27 bits per heavy atom. The topological polar surface area (TPSA) is 67.2 Å². The minimum atomic E-state index is -0.286. The lowest BCUT2D eigenvalue weighted by Gasteiger charge is -2.15. The zero-order chi connectivity index (χ0) is 15.7. The van der Waals surface area contributed by atoms with E-state index in [1.54, 1.807) is 40.0 Å². The summed E-state index contributed by atoms with van der Waals surface area (Å²) in [5.74, 6) is 0.391. The van der Waals surface area contributed by atoms with Crippen LogP contribution in [0.25, 0.3) is 0 Å². The lowest BCUT2D eigenvalue weighted by molar-refractivity contribution is -0.111. The molecular formula is C15H13BrN4O2. The monoisotopic (exact) mass is 360 g/mol. The highest BCUT2D eigenvalue weighted by Crippen LogP contribution is 2.31. The van der Waals surface area contributed by atoms with E-state index < -0.39 is 0 Å². The highest BCUT2D eigenvalue weighted by atomic mass is 79.9. The Bertz CT molecular complexity index is 751. The highest BCUT2D eigenvalue weighted by Gasteiger charge is 2.28. The van der Waals surface area contributed by atoms with E-state index >= 15 is 0 Å². The normalized spacial score (nSPS) is 12.9. The summed E-state index contributed by atoms with van der Waals surface area (Å²) in [6.45, 7) is 4.67. The second-order valence-electron chi connectivity index (χ2n) is 4.77. The molecule has 112 valence electrons. The molecule has 2 heterocycles. The van der Waals surface area contributed by atoms with Crippen molar-refractivity contribution in [1.29, 1.82) is 0 Å². The van der Waals surface area contributed by atoms with Gasteiger partial charge in [0.1, 0.15) is 5.82 Å². The molecule has 0 atom stereocenters. The van der Waals surface area contributed by atoms with Crippen LogP contribution in [0.2, 0.25) is 0 Å². The predicted molar refractivity (Wildman–Crippen MR) is 86.9 cm³/mol. The summed E-state index contributed by atoms with van der Waals surface area (Å²) in [4.78, 5) is 25.5. The third-order valence-corrected chi connectivity index (χ3v) is 3.95. The third-order valence-electron chi connectivity index (χ3n) is 3.39. The van der Waals surface area contributed by atoms with Crippen LogP contribution in [0, 0.1) is 0 Å². The third kappa shape index (κ3) is 2.55. The number of benzene rings is 1. The predicted octanol–water partition coefficient (Wildman–Crippen LogP) is 2.43. The van der Waals surface area contributed by atoms with Crippen molar-refractivity contribution in [3.05, 3.63) is 53.2 Å². The average molecular weight is 361 g/mol. The summed E-state index contributed by atoms with van der Waals surface area (Å²) in [5.41, 5.74) is 1.17. The van der Waals surface area contributed by atoms with Gasteiger partial charge in [0.25, 0.3) is 5.91 Å². The molecule has 0 bridgehead atoms. The zero-order valence-corrected chi connectivity index (χ0v) is 13.2. The molecule has 0 saturated carbocycles. The summed E-state index contributed by atoms with van der Waals surface area (Å²) in [5, 5.41) is 6.84. The lowest BCUT2D eigenvalue weighted by Crippen LogP contribution is -2.29. The van der Waals surface area contributed by atoms with Crippen molar-refractivity contribution in [3.8, 4) is 0 Å². The van der Waals surface area contributed by atoms with Crippen LogP contribution in [0.5, 0.6) is 0 Å². The van der Waals surface area contributed by atoms with E-state index in [0.717, 1.165) is 10.3 Å². The van der Waals surface area contributed by atoms with Crippen LogP contribution in [0.1, 0.15) is 10.4 Å². The van der Waals surface area contributed by atoms with Gasteiger partial charge >= 0.3 is 0 Å². The van der Waals surface area contributed by atoms with Crippen LogP contribution in [0.15, 0.2) is 47.6 Å². The van der Waals surface area contributed by atoms with Crippen molar-refractivity contribution in [1.82, 2.24) is 9.78 Å². The molecule has 0 fully saturated rings. The van der Waals surface area contributed by atoms with Gasteiger partial charge in [0.2, 0.25) is 5.91 Å². The van der Waals surface area contributed by atoms with Crippen molar-refractivity contribution < 1.29 is 9.59 Å². The van der Waals surface area contributed by atoms with Crippen LogP contribution < -0.4 is 10.2 Å². The van der Waals surface area contributed by atoms with E-state index in [-0.39, 0.29) is 11.8 Å². The Kier molecular flexibility index (Phi) is 3.81. The molecule has 2 aromatic rings. The van der Waals surface area contributed by atoms with Crippen molar-refractivity contribution in [2.75, 3.05) is 16.8 Å². The number of nitrogens with one attached hydrogen (secondary N) is 1. The van der Waals surface area contributed by atoms with E-state index in [4.69, 9.17) is 0 Å². The summed E-state index contributed by atoms with van der Waals surface area (Å²) < 4.78 is 2.59. The minimum Gasteiger partial charge on any atom is -0.323 e. The second kappa shape index (κ2) is 5.76. The molecule has 0 spiro atoms. The fourth-order valence-electron chi connectivity index (χ4n) is 2.33. The molecule has 7 heteroatoms. The summed E-state index contributed by atoms with van der Waals surface area (Å²) in [7, 11) is 0. The van der Waals surface area contributed by atoms with Crippen LogP contribution in [0.3, 0.4) is 0 Å². The quantitative estimate of drug-likeness (QED) is 0.854. The first-order chi connectivity index (χ1) is 10.6. The molecule has 22 heavy (non-hydrogen) atoms. The smallest absolute Gasteiger partial charge is 0.259 e. The Labute approximate surface area is 135 Å². The standard InChI is InChI=1S/C15H13BrN4O2/c1-2-13(21)18-11-5-3-10(4-6-11)15(22)19-7-8-20-14(19)12(16)9-17-20/h2-6,9H,1,7-8H2,(H,18,21). The van der Waals surface area contributed by atoms with E-state index in [9.17, 15) is 9.59 Å². The van der Waals surface area contributed by atoms with E-state index in [0.29, 0.717) is 24.3 Å². The lowest BCUT2D eigenvalue weighted by atomic mass is 10.2. The molecule has 6 nitrogen and oxygen atoms in total. The van der Waals surface area contributed by atoms with Gasteiger partial charge in [0.05, 0.1) is 17.2 Å². The van der Waals surface area contributed by atoms with Gasteiger partial charge in [-0.15, -0.1) is 0 Å². The maximum Gasteiger partial charge on any atom is 0.259 e. The summed E-state index contributed by atoms with van der Waals surface area (Å²) >= 11 is 3.41. The number of carbonyl (C=O) groups excluding carboxylic acids is 2. The molecule has 0 aliphatic carbocycles. The van der Waals surface area contributed by atoms with Gasteiger partial charge in [-0.2, -0.15) is 5.10 Å². The number of fused-ring (bicyclic) bond motifs is 1. The highest BCUT2D eigenvalue weighted by molar-refractivity contribution is 9.10. The summed E-state index contributed by atoms with van der Waals surface area (Å²) in [6.07, 6.45) is 2.88. The second-order valence-corrected chi connectivity index (χ2v) is 5.62. The first kappa shape index (κ1) is 14.5. The number of amides is 2. The molecule has 1 aromatic heterocycles. The van der Waals surface area contributed by atoms with Gasteiger partial charge in [-0.3, -0.25) is 14.5 Å². The maximum absolute atomic E-state index is 12.6. The fourth-order valence-corrected chi connectivity index (χ4v) is 2.84. The van der Waals surface area contributed by atoms with Crippen molar-refractivity contribution in [3.63, 3.8) is 0 Å². The van der Waals surface area contributed by atoms with Gasteiger partial charge in [-0.25, -0.2) is 4.68 Å². The summed E-state index contributed by atoms with van der Waals surface area (Å²) in [6, 6.07) is 6.76. The minimum absolute atomic E-state index is 0.0958. The molecular weight excluding hydrogens is 348 g/mol.